The second-order valence-corrected chi connectivity index (χ2v) is 8.80. The predicted molar refractivity (Wildman–Crippen MR) is 134 cm³/mol. The van der Waals surface area contributed by atoms with Gasteiger partial charge in [0.25, 0.3) is 0 Å². The summed E-state index contributed by atoms with van der Waals surface area (Å²) in [5.74, 6) is -1.06. The summed E-state index contributed by atoms with van der Waals surface area (Å²) < 4.78 is 14.4. The number of aryl methyl sites for hydroxylation is 1. The summed E-state index contributed by atoms with van der Waals surface area (Å²) in [6.07, 6.45) is 6.20. The lowest BCUT2D eigenvalue weighted by Crippen LogP contribution is -2.15. The number of aromatic amines is 1. The number of benzene rings is 3. The van der Waals surface area contributed by atoms with Crippen LogP contribution >= 0.6 is 0 Å². The molecule has 0 bridgehead atoms. The first-order chi connectivity index (χ1) is 16.5. The van der Waals surface area contributed by atoms with Crippen LogP contribution in [0.15, 0.2) is 72.8 Å². The molecule has 1 aliphatic rings. The monoisotopic (exact) mass is 452 g/mol. The number of aromatic nitrogens is 2. The van der Waals surface area contributed by atoms with Gasteiger partial charge in [0.2, 0.25) is 5.95 Å². The number of nitrogens with one attached hydrogen (secondary N) is 1. The third kappa shape index (κ3) is 4.17. The highest BCUT2D eigenvalue weighted by Gasteiger charge is 2.27. The summed E-state index contributed by atoms with van der Waals surface area (Å²) in [4.78, 5) is 11.0. The van der Waals surface area contributed by atoms with Gasteiger partial charge in [0, 0.05) is 6.08 Å². The molecule has 4 aromatic rings. The molecule has 1 heterocycles. The lowest BCUT2D eigenvalue weighted by molar-refractivity contribution is -0.131. The van der Waals surface area contributed by atoms with Crippen LogP contribution in [0.25, 0.3) is 28.1 Å². The summed E-state index contributed by atoms with van der Waals surface area (Å²) in [5, 5.41) is 16.0. The fraction of sp³-hybridized carbons (Fsp3) is 0.172. The summed E-state index contributed by atoms with van der Waals surface area (Å²) in [5.41, 5.74) is 7.97. The van der Waals surface area contributed by atoms with Crippen LogP contribution in [0.2, 0.25) is 0 Å². The highest BCUT2D eigenvalue weighted by atomic mass is 19.1. The number of nitrogens with zero attached hydrogens (tertiary/aromatic N) is 1. The van der Waals surface area contributed by atoms with Crippen molar-refractivity contribution in [1.82, 2.24) is 10.2 Å². The van der Waals surface area contributed by atoms with E-state index in [2.05, 4.69) is 40.5 Å². The molecular weight excluding hydrogens is 427 g/mol. The smallest absolute Gasteiger partial charge is 0.328 e. The van der Waals surface area contributed by atoms with E-state index in [0.717, 1.165) is 46.7 Å². The first-order valence-electron chi connectivity index (χ1n) is 11.5. The van der Waals surface area contributed by atoms with E-state index in [9.17, 15) is 9.18 Å². The Hall–Kier alpha value is -3.99. The number of carboxylic acids is 1. The molecule has 0 radical (unpaired) electrons. The Labute approximate surface area is 197 Å². The van der Waals surface area contributed by atoms with Gasteiger partial charge in [-0.05, 0) is 82.9 Å². The van der Waals surface area contributed by atoms with Gasteiger partial charge < -0.3 is 5.11 Å². The molecule has 1 aromatic heterocycles. The van der Waals surface area contributed by atoms with E-state index in [1.165, 1.54) is 17.6 Å². The predicted octanol–water partition coefficient (Wildman–Crippen LogP) is 6.87. The van der Waals surface area contributed by atoms with E-state index in [1.54, 1.807) is 6.08 Å². The maximum Gasteiger partial charge on any atom is 0.328 e. The molecule has 1 aliphatic carbocycles. The van der Waals surface area contributed by atoms with E-state index in [1.807, 2.05) is 43.3 Å². The number of carboxylic acid groups (broad SMARTS) is 1. The molecule has 4 nitrogen and oxygen atoms in total. The average molecular weight is 453 g/mol. The Morgan fingerprint density at radius 3 is 2.44 bits per heavy atom. The van der Waals surface area contributed by atoms with Gasteiger partial charge in [-0.1, -0.05) is 61.0 Å². The van der Waals surface area contributed by atoms with Gasteiger partial charge in [-0.25, -0.2) is 4.79 Å². The van der Waals surface area contributed by atoms with Gasteiger partial charge >= 0.3 is 5.97 Å². The van der Waals surface area contributed by atoms with Crippen LogP contribution in [-0.4, -0.2) is 21.3 Å². The Morgan fingerprint density at radius 1 is 1.03 bits per heavy atom. The Balaban J connectivity index is 1.76. The van der Waals surface area contributed by atoms with Gasteiger partial charge in [0.1, 0.15) is 0 Å². The number of halogens is 1. The topological polar surface area (TPSA) is 66.0 Å². The number of rotatable bonds is 6. The third-order valence-electron chi connectivity index (χ3n) is 6.64. The van der Waals surface area contributed by atoms with E-state index in [0.29, 0.717) is 16.8 Å². The fourth-order valence-electron chi connectivity index (χ4n) is 4.69. The quantitative estimate of drug-likeness (QED) is 0.248. The van der Waals surface area contributed by atoms with Crippen LogP contribution in [0, 0.1) is 18.8 Å². The second-order valence-electron chi connectivity index (χ2n) is 8.80. The van der Waals surface area contributed by atoms with E-state index in [-0.39, 0.29) is 0 Å². The minimum absolute atomic E-state index is 0.425. The number of aliphatic carboxylic acids is 1. The first-order valence-corrected chi connectivity index (χ1v) is 11.5. The van der Waals surface area contributed by atoms with Crippen LogP contribution in [0.3, 0.4) is 0 Å². The van der Waals surface area contributed by atoms with Gasteiger partial charge in [0.05, 0.1) is 10.9 Å². The Morgan fingerprint density at radius 2 is 1.76 bits per heavy atom. The highest BCUT2D eigenvalue weighted by Crippen LogP contribution is 2.45. The molecule has 0 aliphatic heterocycles. The highest BCUT2D eigenvalue weighted by molar-refractivity contribution is 6.01. The number of hydrogen-bond acceptors (Lipinski definition) is 2. The summed E-state index contributed by atoms with van der Waals surface area (Å²) in [6, 6.07) is 22.2. The van der Waals surface area contributed by atoms with Crippen molar-refractivity contribution in [2.24, 2.45) is 5.92 Å². The van der Waals surface area contributed by atoms with Crippen molar-refractivity contribution in [3.63, 3.8) is 0 Å². The second kappa shape index (κ2) is 9.10. The minimum Gasteiger partial charge on any atom is -0.478 e. The molecule has 5 rings (SSSR count). The van der Waals surface area contributed by atoms with Crippen molar-refractivity contribution in [2.45, 2.75) is 26.2 Å². The van der Waals surface area contributed by atoms with Crippen LogP contribution in [0.5, 0.6) is 0 Å². The van der Waals surface area contributed by atoms with Crippen LogP contribution in [-0.2, 0) is 4.79 Å². The minimum atomic E-state index is -0.976. The van der Waals surface area contributed by atoms with Gasteiger partial charge in [-0.2, -0.15) is 4.39 Å². The largest absolute Gasteiger partial charge is 0.478 e. The molecule has 1 saturated carbocycles. The van der Waals surface area contributed by atoms with E-state index >= 15 is 0 Å². The fourth-order valence-corrected chi connectivity index (χ4v) is 4.69. The van der Waals surface area contributed by atoms with Gasteiger partial charge in [-0.15, -0.1) is 5.10 Å². The summed E-state index contributed by atoms with van der Waals surface area (Å²) >= 11 is 0. The molecule has 3 aromatic carbocycles. The molecule has 170 valence electrons. The number of allylic oxidation sites excluding steroid dienone is 1. The van der Waals surface area contributed by atoms with Crippen molar-refractivity contribution < 1.29 is 14.3 Å². The van der Waals surface area contributed by atoms with Crippen molar-refractivity contribution in [2.75, 3.05) is 0 Å². The zero-order chi connectivity index (χ0) is 23.7. The first kappa shape index (κ1) is 21.8. The maximum atomic E-state index is 14.4. The zero-order valence-corrected chi connectivity index (χ0v) is 18.9. The van der Waals surface area contributed by atoms with Crippen molar-refractivity contribution in [3.8, 4) is 0 Å². The molecular formula is C29H25FN2O2. The number of fused-ring (bicyclic) bond motifs is 1. The maximum absolute atomic E-state index is 14.4. The number of carbonyl (C=O) groups is 1. The molecule has 2 N–H and O–H groups in total. The van der Waals surface area contributed by atoms with Crippen molar-refractivity contribution >= 4 is 34.1 Å². The van der Waals surface area contributed by atoms with E-state index < -0.39 is 11.9 Å². The molecule has 5 heteroatoms. The molecule has 0 unspecified atom stereocenters. The lowest BCUT2D eigenvalue weighted by atomic mass is 9.73. The SMILES string of the molecule is Cc1cc(/C(=C(\c2ccccc2)C2CCC2)c2ccc3[nH]nc(F)c3c2)ccc1/C=C/C(=O)O. The van der Waals surface area contributed by atoms with E-state index in [4.69, 9.17) is 5.11 Å². The van der Waals surface area contributed by atoms with Crippen LogP contribution in [0.1, 0.15) is 47.1 Å². The standard InChI is InChI=1S/C29H25FN2O2/c1-18-16-22(11-10-19(18)13-15-26(33)34)28(23-12-14-25-24(17-23)29(30)32-31-25)27(21-8-5-9-21)20-6-3-2-4-7-20/h2-4,6-7,10-17,21H,5,8-9H2,1H3,(H,31,32)(H,33,34)/b15-13+,28-27-. The zero-order valence-electron chi connectivity index (χ0n) is 18.9. The molecule has 1 fully saturated rings. The summed E-state index contributed by atoms with van der Waals surface area (Å²) in [6.45, 7) is 1.98. The summed E-state index contributed by atoms with van der Waals surface area (Å²) in [7, 11) is 0. The third-order valence-corrected chi connectivity index (χ3v) is 6.64. The molecule has 0 saturated heterocycles. The van der Waals surface area contributed by atoms with Crippen molar-refractivity contribution in [3.05, 3.63) is 107 Å². The number of hydrogen-bond donors (Lipinski definition) is 2. The normalized spacial score (nSPS) is 14.9. The van der Waals surface area contributed by atoms with Crippen LogP contribution < -0.4 is 0 Å². The Kier molecular flexibility index (Phi) is 5.84. The average Bonchev–Trinajstić information content (AvgIpc) is 3.17. The van der Waals surface area contributed by atoms with Gasteiger partial charge in [-0.3, -0.25) is 5.10 Å². The molecule has 0 spiro atoms. The lowest BCUT2D eigenvalue weighted by Gasteiger charge is -2.31. The van der Waals surface area contributed by atoms with Crippen LogP contribution in [0.4, 0.5) is 4.39 Å². The molecule has 0 atom stereocenters. The molecule has 0 amide bonds. The number of H-pyrrole nitrogens is 1. The van der Waals surface area contributed by atoms with Crippen molar-refractivity contribution in [1.29, 1.82) is 0 Å². The Bertz CT molecular complexity index is 1430. The molecule has 34 heavy (non-hydrogen) atoms. The van der Waals surface area contributed by atoms with Gasteiger partial charge in [0.15, 0.2) is 0 Å².